The van der Waals surface area contributed by atoms with Crippen molar-refractivity contribution in [3.05, 3.63) is 128 Å². The number of benzene rings is 2. The summed E-state index contributed by atoms with van der Waals surface area (Å²) in [5.41, 5.74) is 4.19. The summed E-state index contributed by atoms with van der Waals surface area (Å²) in [6, 6.07) is 19.2. The summed E-state index contributed by atoms with van der Waals surface area (Å²) in [7, 11) is 2.11. The number of carbonyl (C=O) groups is 1. The number of halogens is 1. The monoisotopic (exact) mass is 568 g/mol. The molecule has 5 rings (SSSR count). The van der Waals surface area contributed by atoms with Crippen LogP contribution in [0, 0.1) is 0 Å². The summed E-state index contributed by atoms with van der Waals surface area (Å²) in [6.07, 6.45) is 10.4. The maximum absolute atomic E-state index is 12.6. The summed E-state index contributed by atoms with van der Waals surface area (Å²) in [5, 5.41) is 11.6. The van der Waals surface area contributed by atoms with Gasteiger partial charge in [0, 0.05) is 34.1 Å². The third-order valence-corrected chi connectivity index (χ3v) is 6.56. The SMILES string of the molecule is C=CC=C.C=CC=C.CN1CCC(NC(=O)c2ccc(Nc3nc4c(-c5ccc(Cl)cc5)cccn4n3)cc2)CC1. The zero-order valence-electron chi connectivity index (χ0n) is 23.5. The highest BCUT2D eigenvalue weighted by atomic mass is 35.5. The molecule has 4 aromatic rings. The Morgan fingerprint density at radius 3 is 2.12 bits per heavy atom. The number of pyridine rings is 1. The van der Waals surface area contributed by atoms with Gasteiger partial charge >= 0.3 is 0 Å². The topological polar surface area (TPSA) is 74.6 Å². The molecule has 0 spiro atoms. The number of rotatable bonds is 7. The van der Waals surface area contributed by atoms with E-state index in [0.717, 1.165) is 48.4 Å². The van der Waals surface area contributed by atoms with Crippen LogP contribution in [0.2, 0.25) is 5.02 Å². The van der Waals surface area contributed by atoms with E-state index in [4.69, 9.17) is 11.6 Å². The van der Waals surface area contributed by atoms with Gasteiger partial charge in [-0.25, -0.2) is 4.52 Å². The number of piperidine rings is 1. The normalized spacial score (nSPS) is 13.0. The van der Waals surface area contributed by atoms with E-state index in [-0.39, 0.29) is 11.9 Å². The number of allylic oxidation sites excluding steroid dienone is 4. The van der Waals surface area contributed by atoms with Crippen LogP contribution in [0.25, 0.3) is 16.8 Å². The standard InChI is InChI=1S/C25H25ClN6O.2C4H6/c1-31-15-12-21(13-16-31)27-24(33)18-6-10-20(11-7-18)28-25-29-23-22(3-2-14-32(23)30-25)17-4-8-19(26)9-5-17;2*1-3-4-2/h2-11,14,21H,12-13,15-16H2,1H3,(H,27,33)(H,28,30);2*3-4H,1-2H2. The molecular formula is C33H37ClN6O. The third kappa shape index (κ3) is 9.31. The number of amides is 1. The molecule has 0 unspecified atom stereocenters. The minimum absolute atomic E-state index is 0.0328. The predicted molar refractivity (Wildman–Crippen MR) is 172 cm³/mol. The van der Waals surface area contributed by atoms with Gasteiger partial charge in [0.05, 0.1) is 0 Å². The summed E-state index contributed by atoms with van der Waals surface area (Å²) >= 11 is 6.03. The molecule has 7 nitrogen and oxygen atoms in total. The van der Waals surface area contributed by atoms with Crippen molar-refractivity contribution in [1.29, 1.82) is 0 Å². The fraction of sp³-hybridized carbons (Fsp3) is 0.182. The molecular weight excluding hydrogens is 532 g/mol. The van der Waals surface area contributed by atoms with Gasteiger partial charge in [-0.15, -0.1) is 5.10 Å². The number of nitrogens with zero attached hydrogens (tertiary/aromatic N) is 4. The zero-order valence-corrected chi connectivity index (χ0v) is 24.2. The lowest BCUT2D eigenvalue weighted by atomic mass is 10.0. The first-order valence-electron chi connectivity index (χ1n) is 13.3. The molecule has 1 aliphatic heterocycles. The van der Waals surface area contributed by atoms with Crippen molar-refractivity contribution >= 4 is 34.8 Å². The average Bonchev–Trinajstić information content (AvgIpc) is 3.42. The molecule has 0 bridgehead atoms. The van der Waals surface area contributed by atoms with Crippen molar-refractivity contribution in [2.24, 2.45) is 0 Å². The van der Waals surface area contributed by atoms with Crippen molar-refractivity contribution in [3.8, 4) is 11.1 Å². The molecule has 0 saturated carbocycles. The molecule has 0 radical (unpaired) electrons. The van der Waals surface area contributed by atoms with Crippen molar-refractivity contribution in [2.45, 2.75) is 18.9 Å². The van der Waals surface area contributed by atoms with E-state index in [1.165, 1.54) is 0 Å². The maximum atomic E-state index is 12.6. The van der Waals surface area contributed by atoms with E-state index >= 15 is 0 Å². The van der Waals surface area contributed by atoms with Gasteiger partial charge in [-0.3, -0.25) is 4.79 Å². The number of carbonyl (C=O) groups excluding carboxylic acids is 1. The second kappa shape index (κ2) is 16.0. The summed E-state index contributed by atoms with van der Waals surface area (Å²) in [5.74, 6) is 0.453. The molecule has 1 aliphatic rings. The van der Waals surface area contributed by atoms with E-state index in [2.05, 4.69) is 59.0 Å². The van der Waals surface area contributed by atoms with E-state index < -0.39 is 0 Å². The van der Waals surface area contributed by atoms with Crippen molar-refractivity contribution in [3.63, 3.8) is 0 Å². The smallest absolute Gasteiger partial charge is 0.251 e. The summed E-state index contributed by atoms with van der Waals surface area (Å²) in [4.78, 5) is 19.6. The minimum atomic E-state index is -0.0328. The van der Waals surface area contributed by atoms with Gasteiger partial charge in [-0.2, -0.15) is 4.98 Å². The predicted octanol–water partition coefficient (Wildman–Crippen LogP) is 7.33. The van der Waals surface area contributed by atoms with Gasteiger partial charge in [-0.05, 0) is 87.1 Å². The average molecular weight is 569 g/mol. The summed E-state index contributed by atoms with van der Waals surface area (Å²) in [6.45, 7) is 15.5. The number of aromatic nitrogens is 3. The first-order chi connectivity index (χ1) is 19.9. The minimum Gasteiger partial charge on any atom is -0.349 e. The van der Waals surface area contributed by atoms with Crippen LogP contribution in [0.3, 0.4) is 0 Å². The second-order valence-corrected chi connectivity index (χ2v) is 9.76. The Morgan fingerprint density at radius 1 is 0.927 bits per heavy atom. The highest BCUT2D eigenvalue weighted by Crippen LogP contribution is 2.26. The lowest BCUT2D eigenvalue weighted by molar-refractivity contribution is 0.0917. The molecule has 1 fully saturated rings. The fourth-order valence-corrected chi connectivity index (χ4v) is 4.20. The Hall–Kier alpha value is -4.46. The summed E-state index contributed by atoms with van der Waals surface area (Å²) < 4.78 is 1.75. The van der Waals surface area contributed by atoms with Crippen molar-refractivity contribution in [2.75, 3.05) is 25.5 Å². The third-order valence-electron chi connectivity index (χ3n) is 6.31. The van der Waals surface area contributed by atoms with Crippen molar-refractivity contribution in [1.82, 2.24) is 24.8 Å². The molecule has 8 heteroatoms. The van der Waals surface area contributed by atoms with Crippen LogP contribution in [-0.2, 0) is 0 Å². The highest BCUT2D eigenvalue weighted by molar-refractivity contribution is 6.30. The van der Waals surface area contributed by atoms with Gasteiger partial charge in [-0.1, -0.05) is 74.4 Å². The van der Waals surface area contributed by atoms with Gasteiger partial charge in [0.25, 0.3) is 5.91 Å². The first-order valence-corrected chi connectivity index (χ1v) is 13.7. The van der Waals surface area contributed by atoms with Crippen LogP contribution in [0.1, 0.15) is 23.2 Å². The Balaban J connectivity index is 0.000000515. The van der Waals surface area contributed by atoms with Gasteiger partial charge in [0.2, 0.25) is 5.95 Å². The Labute approximate surface area is 247 Å². The highest BCUT2D eigenvalue weighted by Gasteiger charge is 2.19. The van der Waals surface area contributed by atoms with E-state index in [1.54, 1.807) is 28.8 Å². The van der Waals surface area contributed by atoms with E-state index in [0.29, 0.717) is 16.5 Å². The Bertz CT molecular complexity index is 1430. The molecule has 2 N–H and O–H groups in total. The number of hydrogen-bond acceptors (Lipinski definition) is 5. The molecule has 1 amide bonds. The molecule has 212 valence electrons. The quantitative estimate of drug-likeness (QED) is 0.228. The Morgan fingerprint density at radius 2 is 1.54 bits per heavy atom. The fourth-order valence-electron chi connectivity index (χ4n) is 4.07. The Kier molecular flexibility index (Phi) is 12.1. The van der Waals surface area contributed by atoms with Gasteiger partial charge in [0.15, 0.2) is 5.65 Å². The largest absolute Gasteiger partial charge is 0.349 e. The van der Waals surface area contributed by atoms with Crippen LogP contribution in [0.15, 0.2) is 117 Å². The van der Waals surface area contributed by atoms with Crippen LogP contribution in [0.4, 0.5) is 11.6 Å². The zero-order chi connectivity index (χ0) is 29.6. The van der Waals surface area contributed by atoms with Crippen molar-refractivity contribution < 1.29 is 4.79 Å². The molecule has 1 saturated heterocycles. The number of fused-ring (bicyclic) bond motifs is 1. The first kappa shape index (κ1) is 31.1. The van der Waals surface area contributed by atoms with Crippen LogP contribution in [-0.4, -0.2) is 51.6 Å². The van der Waals surface area contributed by atoms with Gasteiger partial charge < -0.3 is 15.5 Å². The maximum Gasteiger partial charge on any atom is 0.251 e. The number of hydrogen-bond donors (Lipinski definition) is 2. The van der Waals surface area contributed by atoms with Crippen LogP contribution in [0.5, 0.6) is 0 Å². The molecule has 41 heavy (non-hydrogen) atoms. The van der Waals surface area contributed by atoms with Crippen LogP contribution < -0.4 is 10.6 Å². The lowest BCUT2D eigenvalue weighted by Crippen LogP contribution is -2.43. The molecule has 0 atom stereocenters. The van der Waals surface area contributed by atoms with Gasteiger partial charge in [0.1, 0.15) is 0 Å². The molecule has 2 aromatic carbocycles. The molecule has 3 heterocycles. The lowest BCUT2D eigenvalue weighted by Gasteiger charge is -2.29. The number of anilines is 2. The van der Waals surface area contributed by atoms with Crippen LogP contribution >= 0.6 is 11.6 Å². The van der Waals surface area contributed by atoms with E-state index in [1.807, 2.05) is 66.9 Å². The number of likely N-dealkylation sites (tertiary alicyclic amines) is 1. The second-order valence-electron chi connectivity index (χ2n) is 9.33. The van der Waals surface area contributed by atoms with E-state index in [9.17, 15) is 4.79 Å². The molecule has 0 aliphatic carbocycles. The molecule has 2 aromatic heterocycles. The number of nitrogens with one attached hydrogen (secondary N) is 2.